The monoisotopic (exact) mass is 190 g/mol. The van der Waals surface area contributed by atoms with E-state index in [4.69, 9.17) is 5.73 Å². The molecule has 0 unspecified atom stereocenters. The zero-order valence-corrected chi connectivity index (χ0v) is 8.74. The zero-order valence-electron chi connectivity index (χ0n) is 8.74. The first-order valence-electron chi connectivity index (χ1n) is 5.33. The molecule has 2 nitrogen and oxygen atoms in total. The Morgan fingerprint density at radius 1 is 1.50 bits per heavy atom. The Kier molecular flexibility index (Phi) is 2.73. The van der Waals surface area contributed by atoms with E-state index in [-0.39, 0.29) is 0 Å². The Bertz CT molecular complexity index is 309. The minimum atomic E-state index is 0.636. The van der Waals surface area contributed by atoms with Crippen LogP contribution in [0, 0.1) is 5.92 Å². The fourth-order valence-corrected chi connectivity index (χ4v) is 2.05. The molecule has 1 aliphatic heterocycles. The van der Waals surface area contributed by atoms with Gasteiger partial charge >= 0.3 is 0 Å². The van der Waals surface area contributed by atoms with Gasteiger partial charge in [-0.05, 0) is 30.0 Å². The van der Waals surface area contributed by atoms with Crippen molar-refractivity contribution >= 4 is 5.69 Å². The van der Waals surface area contributed by atoms with Crippen molar-refractivity contribution in [2.45, 2.75) is 19.9 Å². The molecular weight excluding hydrogens is 172 g/mol. The maximum absolute atomic E-state index is 5.63. The van der Waals surface area contributed by atoms with E-state index in [9.17, 15) is 0 Å². The number of anilines is 1. The maximum Gasteiger partial charge on any atom is 0.0369 e. The second kappa shape index (κ2) is 4.01. The maximum atomic E-state index is 5.63. The van der Waals surface area contributed by atoms with Crippen molar-refractivity contribution < 1.29 is 0 Å². The van der Waals surface area contributed by atoms with Gasteiger partial charge in [0.1, 0.15) is 0 Å². The molecule has 2 rings (SSSR count). The van der Waals surface area contributed by atoms with Crippen LogP contribution >= 0.6 is 0 Å². The molecule has 2 N–H and O–H groups in total. The van der Waals surface area contributed by atoms with Crippen LogP contribution in [0.25, 0.3) is 0 Å². The predicted molar refractivity (Wildman–Crippen MR) is 60.3 cm³/mol. The second-order valence-electron chi connectivity index (χ2n) is 4.21. The average Bonchev–Trinajstić information content (AvgIpc) is 2.65. The number of hydrogen-bond acceptors (Lipinski definition) is 2. The summed E-state index contributed by atoms with van der Waals surface area (Å²) in [6.45, 7) is 5.33. The second-order valence-corrected chi connectivity index (χ2v) is 4.21. The van der Waals surface area contributed by atoms with Crippen LogP contribution in [-0.2, 0) is 6.54 Å². The highest BCUT2D eigenvalue weighted by Gasteiger charge is 2.18. The van der Waals surface area contributed by atoms with Gasteiger partial charge in [0.05, 0.1) is 0 Å². The van der Waals surface area contributed by atoms with Gasteiger partial charge in [-0.25, -0.2) is 0 Å². The fraction of sp³-hybridized carbons (Fsp3) is 0.500. The van der Waals surface area contributed by atoms with Gasteiger partial charge in [0.25, 0.3) is 0 Å². The van der Waals surface area contributed by atoms with Gasteiger partial charge in [-0.3, -0.25) is 0 Å². The third-order valence-corrected chi connectivity index (χ3v) is 2.94. The van der Waals surface area contributed by atoms with Crippen molar-refractivity contribution in [3.63, 3.8) is 0 Å². The molecule has 14 heavy (non-hydrogen) atoms. The lowest BCUT2D eigenvalue weighted by molar-refractivity contribution is 0.659. The van der Waals surface area contributed by atoms with Crippen molar-refractivity contribution in [2.75, 3.05) is 18.0 Å². The van der Waals surface area contributed by atoms with Crippen LogP contribution in [0.3, 0.4) is 0 Å². The van der Waals surface area contributed by atoms with Gasteiger partial charge in [-0.2, -0.15) is 0 Å². The van der Waals surface area contributed by atoms with E-state index in [0.717, 1.165) is 5.92 Å². The summed E-state index contributed by atoms with van der Waals surface area (Å²) in [5, 5.41) is 0. The summed E-state index contributed by atoms with van der Waals surface area (Å²) in [6, 6.07) is 8.57. The van der Waals surface area contributed by atoms with Gasteiger partial charge in [0, 0.05) is 25.3 Å². The molecule has 1 atom stereocenters. The van der Waals surface area contributed by atoms with Crippen LogP contribution in [0.5, 0.6) is 0 Å². The molecule has 0 saturated carbocycles. The highest BCUT2D eigenvalue weighted by Crippen LogP contribution is 2.23. The van der Waals surface area contributed by atoms with E-state index in [1.165, 1.54) is 30.8 Å². The van der Waals surface area contributed by atoms with Crippen LogP contribution < -0.4 is 10.6 Å². The van der Waals surface area contributed by atoms with E-state index >= 15 is 0 Å². The van der Waals surface area contributed by atoms with E-state index < -0.39 is 0 Å². The topological polar surface area (TPSA) is 29.3 Å². The third kappa shape index (κ3) is 1.90. The third-order valence-electron chi connectivity index (χ3n) is 2.94. The lowest BCUT2D eigenvalue weighted by Crippen LogP contribution is -2.19. The quantitative estimate of drug-likeness (QED) is 0.772. The van der Waals surface area contributed by atoms with Crippen LogP contribution in [0.1, 0.15) is 18.9 Å². The lowest BCUT2D eigenvalue weighted by atomic mass is 10.2. The molecule has 0 aromatic heterocycles. The largest absolute Gasteiger partial charge is 0.371 e. The van der Waals surface area contributed by atoms with Crippen molar-refractivity contribution in [1.29, 1.82) is 0 Å². The summed E-state index contributed by atoms with van der Waals surface area (Å²) in [6.07, 6.45) is 1.31. The molecule has 0 aliphatic carbocycles. The van der Waals surface area contributed by atoms with E-state index in [1.807, 2.05) is 0 Å². The summed E-state index contributed by atoms with van der Waals surface area (Å²) in [5.74, 6) is 0.830. The Labute approximate surface area is 85.7 Å². The summed E-state index contributed by atoms with van der Waals surface area (Å²) >= 11 is 0. The number of rotatable bonds is 2. The Morgan fingerprint density at radius 2 is 2.36 bits per heavy atom. The molecule has 0 bridgehead atoms. The van der Waals surface area contributed by atoms with Crippen molar-refractivity contribution in [3.8, 4) is 0 Å². The fourth-order valence-electron chi connectivity index (χ4n) is 2.05. The van der Waals surface area contributed by atoms with Gasteiger partial charge in [0.2, 0.25) is 0 Å². The van der Waals surface area contributed by atoms with Crippen LogP contribution in [-0.4, -0.2) is 13.1 Å². The zero-order chi connectivity index (χ0) is 9.97. The first kappa shape index (κ1) is 9.53. The number of benzene rings is 1. The molecule has 2 heteroatoms. The first-order valence-corrected chi connectivity index (χ1v) is 5.33. The Hall–Kier alpha value is -1.02. The molecule has 0 spiro atoms. The van der Waals surface area contributed by atoms with Crippen LogP contribution in [0.4, 0.5) is 5.69 Å². The van der Waals surface area contributed by atoms with Crippen LogP contribution in [0.2, 0.25) is 0 Å². The smallest absolute Gasteiger partial charge is 0.0369 e. The summed E-state index contributed by atoms with van der Waals surface area (Å²) in [4.78, 5) is 2.45. The highest BCUT2D eigenvalue weighted by molar-refractivity contribution is 5.49. The van der Waals surface area contributed by atoms with E-state index in [1.54, 1.807) is 0 Å². The molecule has 1 heterocycles. The number of nitrogens with zero attached hydrogens (tertiary/aromatic N) is 1. The molecular formula is C12H18N2. The first-order chi connectivity index (χ1) is 6.79. The van der Waals surface area contributed by atoms with Crippen molar-refractivity contribution in [3.05, 3.63) is 29.8 Å². The summed E-state index contributed by atoms with van der Waals surface area (Å²) < 4.78 is 0. The Balaban J connectivity index is 2.15. The normalized spacial score (nSPS) is 21.6. The number of hydrogen-bond donors (Lipinski definition) is 1. The van der Waals surface area contributed by atoms with E-state index in [2.05, 4.69) is 36.1 Å². The van der Waals surface area contributed by atoms with Gasteiger partial charge in [0.15, 0.2) is 0 Å². The van der Waals surface area contributed by atoms with Gasteiger partial charge < -0.3 is 10.6 Å². The van der Waals surface area contributed by atoms with E-state index in [0.29, 0.717) is 6.54 Å². The van der Waals surface area contributed by atoms with Crippen molar-refractivity contribution in [2.24, 2.45) is 11.7 Å². The molecule has 1 saturated heterocycles. The van der Waals surface area contributed by atoms with Gasteiger partial charge in [-0.1, -0.05) is 19.1 Å². The number of nitrogens with two attached hydrogens (primary N) is 1. The molecule has 0 amide bonds. The molecule has 1 aromatic rings. The molecule has 0 radical (unpaired) electrons. The SMILES string of the molecule is C[C@@H]1CCN(c2cccc(CN)c2)C1. The summed E-state index contributed by atoms with van der Waals surface area (Å²) in [5.41, 5.74) is 8.18. The lowest BCUT2D eigenvalue weighted by Gasteiger charge is -2.18. The van der Waals surface area contributed by atoms with Crippen molar-refractivity contribution in [1.82, 2.24) is 0 Å². The summed E-state index contributed by atoms with van der Waals surface area (Å²) in [7, 11) is 0. The minimum absolute atomic E-state index is 0.636. The highest BCUT2D eigenvalue weighted by atomic mass is 15.1. The molecule has 76 valence electrons. The standard InChI is InChI=1S/C12H18N2/c1-10-5-6-14(9-10)12-4-2-3-11(7-12)8-13/h2-4,7,10H,5-6,8-9,13H2,1H3/t10-/m1/s1. The van der Waals surface area contributed by atoms with Gasteiger partial charge in [-0.15, -0.1) is 0 Å². The molecule has 1 fully saturated rings. The van der Waals surface area contributed by atoms with Crippen LogP contribution in [0.15, 0.2) is 24.3 Å². The molecule has 1 aliphatic rings. The Morgan fingerprint density at radius 3 is 3.00 bits per heavy atom. The predicted octanol–water partition coefficient (Wildman–Crippen LogP) is 1.99. The minimum Gasteiger partial charge on any atom is -0.371 e. The average molecular weight is 190 g/mol. The molecule has 1 aromatic carbocycles.